The summed E-state index contributed by atoms with van der Waals surface area (Å²) in [6, 6.07) is 0. The van der Waals surface area contributed by atoms with Gasteiger partial charge in [-0.3, -0.25) is 4.79 Å². The minimum Gasteiger partial charge on any atom is -0.479 e. The van der Waals surface area contributed by atoms with Gasteiger partial charge in [-0.15, -0.1) is 0 Å². The first-order chi connectivity index (χ1) is 26.8. The monoisotopic (exact) mass is 824 g/mol. The van der Waals surface area contributed by atoms with Crippen LogP contribution in [0.3, 0.4) is 0 Å². The molecule has 328 valence electrons. The molecule has 7 aliphatic rings. The van der Waals surface area contributed by atoms with E-state index in [1.165, 1.54) is 0 Å². The fraction of sp³-hybridized carbons (Fsp3) is 0.881. The number of carbonyl (C=O) groups is 3. The molecule has 0 spiro atoms. The van der Waals surface area contributed by atoms with Crippen LogP contribution in [0.5, 0.6) is 0 Å². The molecule has 0 amide bonds. The molecule has 2 saturated heterocycles. The standard InChI is InChI=1S/C42H64O16/c1-37(2)21-8-11-42(7)32(20(44)14-18-19-15-38(3,17-43)16-22(45)39(19,4)12-13-41(18,42)6)40(21,5)10-9-23(37)55-36-31(27(49)26(48)30(57-36)34(53)54)58-35-28(50)24(46)25(47)29(56-35)33(51)52/h14,19,21-32,35-36,43,45-50H,8-13,15-17H2,1-7H3,(H,51,52)(H,53,54). The van der Waals surface area contributed by atoms with Crippen molar-refractivity contribution in [3.63, 3.8) is 0 Å². The lowest BCUT2D eigenvalue weighted by Gasteiger charge is -2.71. The van der Waals surface area contributed by atoms with Crippen LogP contribution >= 0.6 is 0 Å². The van der Waals surface area contributed by atoms with E-state index in [9.17, 15) is 60.3 Å². The van der Waals surface area contributed by atoms with Gasteiger partial charge in [0, 0.05) is 17.9 Å². The molecular weight excluding hydrogens is 760 g/mol. The maximum Gasteiger partial charge on any atom is 0.335 e. The van der Waals surface area contributed by atoms with Gasteiger partial charge in [-0.2, -0.15) is 0 Å². The third-order valence-electron chi connectivity index (χ3n) is 17.3. The van der Waals surface area contributed by atoms with Gasteiger partial charge in [-0.05, 0) is 96.4 Å². The molecule has 0 bridgehead atoms. The van der Waals surface area contributed by atoms with Crippen molar-refractivity contribution in [3.05, 3.63) is 11.6 Å². The van der Waals surface area contributed by atoms with Crippen molar-refractivity contribution in [2.24, 2.45) is 50.2 Å². The Morgan fingerprint density at radius 2 is 1.33 bits per heavy atom. The van der Waals surface area contributed by atoms with E-state index in [0.717, 1.165) is 31.3 Å². The molecule has 2 heterocycles. The minimum absolute atomic E-state index is 0.0451. The van der Waals surface area contributed by atoms with Crippen molar-refractivity contribution in [2.45, 2.75) is 173 Å². The molecule has 6 fully saturated rings. The molecule has 20 unspecified atom stereocenters. The van der Waals surface area contributed by atoms with Crippen LogP contribution in [0.15, 0.2) is 11.6 Å². The molecule has 16 nitrogen and oxygen atoms in total. The number of aliphatic hydroxyl groups excluding tert-OH is 7. The zero-order chi connectivity index (χ0) is 42.9. The van der Waals surface area contributed by atoms with Gasteiger partial charge < -0.3 is 64.9 Å². The number of rotatable bonds is 7. The number of aliphatic carboxylic acids is 2. The molecule has 9 N–H and O–H groups in total. The number of allylic oxidation sites excluding steroid dienone is 2. The summed E-state index contributed by atoms with van der Waals surface area (Å²) < 4.78 is 23.4. The van der Waals surface area contributed by atoms with Crippen LogP contribution in [0.2, 0.25) is 0 Å². The van der Waals surface area contributed by atoms with Crippen LogP contribution < -0.4 is 0 Å². The molecule has 0 aromatic rings. The molecular formula is C42H64O16. The fourth-order valence-corrected chi connectivity index (χ4v) is 13.5. The first-order valence-corrected chi connectivity index (χ1v) is 20.8. The van der Waals surface area contributed by atoms with Gasteiger partial charge in [0.15, 0.2) is 30.6 Å². The molecule has 7 rings (SSSR count). The Kier molecular flexibility index (Phi) is 11.0. The van der Waals surface area contributed by atoms with E-state index >= 15 is 0 Å². The maximum absolute atomic E-state index is 14.9. The van der Waals surface area contributed by atoms with E-state index in [1.54, 1.807) is 0 Å². The van der Waals surface area contributed by atoms with E-state index < -0.39 is 113 Å². The summed E-state index contributed by atoms with van der Waals surface area (Å²) >= 11 is 0. The molecule has 0 aromatic heterocycles. The molecule has 16 heteroatoms. The predicted molar refractivity (Wildman–Crippen MR) is 200 cm³/mol. The first-order valence-electron chi connectivity index (χ1n) is 20.8. The Bertz CT molecular complexity index is 1680. The topological polar surface area (TPSA) is 270 Å². The van der Waals surface area contributed by atoms with E-state index in [0.29, 0.717) is 25.7 Å². The lowest BCUT2D eigenvalue weighted by molar-refractivity contribution is -0.371. The van der Waals surface area contributed by atoms with Crippen molar-refractivity contribution in [2.75, 3.05) is 6.61 Å². The summed E-state index contributed by atoms with van der Waals surface area (Å²) in [5.41, 5.74) is -1.73. The van der Waals surface area contributed by atoms with Crippen molar-refractivity contribution in [1.82, 2.24) is 0 Å². The average Bonchev–Trinajstić information content (AvgIpc) is 3.13. The van der Waals surface area contributed by atoms with Gasteiger partial charge in [0.1, 0.15) is 36.6 Å². The summed E-state index contributed by atoms with van der Waals surface area (Å²) in [6.45, 7) is 14.9. The minimum atomic E-state index is -2.05. The second-order valence-corrected chi connectivity index (χ2v) is 20.8. The first kappa shape index (κ1) is 44.0. The van der Waals surface area contributed by atoms with Gasteiger partial charge in [-0.25, -0.2) is 9.59 Å². The van der Waals surface area contributed by atoms with Gasteiger partial charge in [0.2, 0.25) is 0 Å². The normalized spacial score (nSPS) is 53.9. The number of ketones is 1. The van der Waals surface area contributed by atoms with Crippen LogP contribution in [0, 0.1) is 50.2 Å². The quantitative estimate of drug-likeness (QED) is 0.163. The number of fused-ring (bicyclic) bond motifs is 7. The highest BCUT2D eigenvalue weighted by molar-refractivity contribution is 5.95. The highest BCUT2D eigenvalue weighted by atomic mass is 16.8. The largest absolute Gasteiger partial charge is 0.479 e. The number of hydrogen-bond donors (Lipinski definition) is 9. The SMILES string of the molecule is CC1(CO)CC(O)C2(C)CCC3(C)C(=CC(=O)C4C5(C)CCC(OC6OC(C(=O)O)C(O)C(O)C6OC6OC(C(=O)O)C(O)C(O)C6O)C(C)(C)C5CCC43C)C2C1. The zero-order valence-corrected chi connectivity index (χ0v) is 34.5. The lowest BCUT2D eigenvalue weighted by Crippen LogP contribution is -2.68. The summed E-state index contributed by atoms with van der Waals surface area (Å²) in [5, 5.41) is 94.7. The van der Waals surface area contributed by atoms with Gasteiger partial charge in [-0.1, -0.05) is 54.0 Å². The molecule has 0 radical (unpaired) electrons. The molecule has 5 aliphatic carbocycles. The van der Waals surface area contributed by atoms with Gasteiger partial charge in [0.25, 0.3) is 0 Å². The molecule has 20 atom stereocenters. The van der Waals surface area contributed by atoms with Crippen LogP contribution in [-0.2, 0) is 33.3 Å². The van der Waals surface area contributed by atoms with Crippen LogP contribution in [0.25, 0.3) is 0 Å². The van der Waals surface area contributed by atoms with E-state index in [1.807, 2.05) is 26.8 Å². The molecule has 58 heavy (non-hydrogen) atoms. The smallest absolute Gasteiger partial charge is 0.335 e. The second kappa shape index (κ2) is 14.5. The molecule has 0 aromatic carbocycles. The number of ether oxygens (including phenoxy) is 4. The van der Waals surface area contributed by atoms with Crippen LogP contribution in [0.1, 0.15) is 99.8 Å². The van der Waals surface area contributed by atoms with Crippen molar-refractivity contribution < 1.29 is 79.3 Å². The zero-order valence-electron chi connectivity index (χ0n) is 34.5. The molecule has 2 aliphatic heterocycles. The van der Waals surface area contributed by atoms with Crippen LogP contribution in [-0.4, -0.2) is 144 Å². The highest BCUT2D eigenvalue weighted by Crippen LogP contribution is 2.75. The molecule has 4 saturated carbocycles. The number of carbonyl (C=O) groups excluding carboxylic acids is 1. The number of carboxylic acid groups (broad SMARTS) is 2. The number of aliphatic hydroxyl groups is 7. The third-order valence-corrected chi connectivity index (χ3v) is 17.3. The summed E-state index contributed by atoms with van der Waals surface area (Å²) in [6.07, 6.45) is -13.7. The van der Waals surface area contributed by atoms with E-state index in [-0.39, 0.29) is 35.6 Å². The summed E-state index contributed by atoms with van der Waals surface area (Å²) in [5.74, 6) is -3.69. The second-order valence-electron chi connectivity index (χ2n) is 20.8. The third kappa shape index (κ3) is 6.29. The van der Waals surface area contributed by atoms with Crippen molar-refractivity contribution >= 4 is 17.7 Å². The Balaban J connectivity index is 1.18. The average molecular weight is 825 g/mol. The Morgan fingerprint density at radius 3 is 1.93 bits per heavy atom. The van der Waals surface area contributed by atoms with E-state index in [2.05, 4.69) is 27.7 Å². The Hall–Kier alpha value is -2.09. The van der Waals surface area contributed by atoms with Gasteiger partial charge in [0.05, 0.1) is 12.2 Å². The van der Waals surface area contributed by atoms with Crippen molar-refractivity contribution in [1.29, 1.82) is 0 Å². The van der Waals surface area contributed by atoms with Crippen molar-refractivity contribution in [3.8, 4) is 0 Å². The maximum atomic E-state index is 14.9. The Labute approximate surface area is 338 Å². The predicted octanol–water partition coefficient (Wildman–Crippen LogP) is 1.12. The highest BCUT2D eigenvalue weighted by Gasteiger charge is 2.71. The summed E-state index contributed by atoms with van der Waals surface area (Å²) in [7, 11) is 0. The fourth-order valence-electron chi connectivity index (χ4n) is 13.5. The van der Waals surface area contributed by atoms with E-state index in [4.69, 9.17) is 18.9 Å². The Morgan fingerprint density at radius 1 is 0.724 bits per heavy atom. The van der Waals surface area contributed by atoms with Crippen LogP contribution in [0.4, 0.5) is 0 Å². The number of hydrogen-bond acceptors (Lipinski definition) is 14. The summed E-state index contributed by atoms with van der Waals surface area (Å²) in [4.78, 5) is 38.8. The van der Waals surface area contributed by atoms with Gasteiger partial charge >= 0.3 is 11.9 Å². The number of carboxylic acids is 2. The lowest BCUT2D eigenvalue weighted by atomic mass is 9.33.